The zero-order valence-corrected chi connectivity index (χ0v) is 18.9. The van der Waals surface area contributed by atoms with Crippen LogP contribution in [0.25, 0.3) is 11.3 Å². The molecule has 0 saturated heterocycles. The molecule has 0 bridgehead atoms. The number of hydrogen-bond donors (Lipinski definition) is 0. The van der Waals surface area contributed by atoms with Crippen molar-refractivity contribution in [3.05, 3.63) is 62.2 Å². The fourth-order valence-corrected chi connectivity index (χ4v) is 5.09. The van der Waals surface area contributed by atoms with Crippen LogP contribution in [-0.4, -0.2) is 31.4 Å². The predicted molar refractivity (Wildman–Crippen MR) is 116 cm³/mol. The van der Waals surface area contributed by atoms with Gasteiger partial charge in [0.1, 0.15) is 4.90 Å². The first-order valence-corrected chi connectivity index (χ1v) is 11.4. The lowest BCUT2D eigenvalue weighted by atomic mass is 10.2. The Kier molecular flexibility index (Phi) is 6.03. The molecule has 0 amide bonds. The molecule has 28 heavy (non-hydrogen) atoms. The minimum atomic E-state index is -3.65. The maximum absolute atomic E-state index is 12.5. The second kappa shape index (κ2) is 8.00. The summed E-state index contributed by atoms with van der Waals surface area (Å²) in [5.74, 6) is 0. The summed E-state index contributed by atoms with van der Waals surface area (Å²) >= 11 is 13.8. The third-order valence-electron chi connectivity index (χ3n) is 4.37. The standard InChI is InChI=1S/C19H19Cl2N3O2S2/c1-12-14(20)6-5-7-16(12)22-19-24(4)17(11-27-19)13-8-9-15(21)18(10-13)28(25,26)23(2)3/h5-11H,1-4H3. The zero-order chi connectivity index (χ0) is 20.6. The molecule has 1 aromatic heterocycles. The maximum atomic E-state index is 12.5. The number of nitrogens with zero attached hydrogens (tertiary/aromatic N) is 3. The van der Waals surface area contributed by atoms with Gasteiger partial charge in [-0.15, -0.1) is 11.3 Å². The topological polar surface area (TPSA) is 54.7 Å². The van der Waals surface area contributed by atoms with E-state index in [1.807, 2.05) is 42.1 Å². The van der Waals surface area contributed by atoms with Gasteiger partial charge in [-0.05, 0) is 36.8 Å². The lowest BCUT2D eigenvalue weighted by Gasteiger charge is -2.14. The van der Waals surface area contributed by atoms with Crippen LogP contribution in [0, 0.1) is 6.92 Å². The van der Waals surface area contributed by atoms with Gasteiger partial charge in [0.05, 0.1) is 16.4 Å². The van der Waals surface area contributed by atoms with E-state index in [0.29, 0.717) is 5.02 Å². The normalized spacial score (nSPS) is 12.8. The summed E-state index contributed by atoms with van der Waals surface area (Å²) in [6.07, 6.45) is 0. The van der Waals surface area contributed by atoms with Crippen LogP contribution >= 0.6 is 34.5 Å². The zero-order valence-electron chi connectivity index (χ0n) is 15.8. The van der Waals surface area contributed by atoms with Crippen molar-refractivity contribution >= 4 is 50.2 Å². The van der Waals surface area contributed by atoms with Crippen LogP contribution in [0.3, 0.4) is 0 Å². The smallest absolute Gasteiger partial charge is 0.244 e. The Morgan fingerprint density at radius 2 is 1.82 bits per heavy atom. The average molecular weight is 456 g/mol. The van der Waals surface area contributed by atoms with Crippen LogP contribution in [0.1, 0.15) is 5.56 Å². The summed E-state index contributed by atoms with van der Waals surface area (Å²) in [6, 6.07) is 10.6. The molecule has 3 rings (SSSR count). The van der Waals surface area contributed by atoms with Crippen LogP contribution in [-0.2, 0) is 17.1 Å². The van der Waals surface area contributed by atoms with Crippen LogP contribution in [0.15, 0.2) is 51.7 Å². The minimum absolute atomic E-state index is 0.0760. The molecule has 0 spiro atoms. The Labute approximate surface area is 178 Å². The largest absolute Gasteiger partial charge is 0.320 e. The van der Waals surface area contributed by atoms with Crippen LogP contribution in [0.5, 0.6) is 0 Å². The van der Waals surface area contributed by atoms with Gasteiger partial charge in [-0.2, -0.15) is 0 Å². The first kappa shape index (κ1) is 21.1. The fourth-order valence-electron chi connectivity index (χ4n) is 2.61. The highest BCUT2D eigenvalue weighted by Gasteiger charge is 2.22. The maximum Gasteiger partial charge on any atom is 0.244 e. The number of aromatic nitrogens is 1. The molecule has 0 fully saturated rings. The first-order valence-electron chi connectivity index (χ1n) is 8.29. The molecule has 0 radical (unpaired) electrons. The summed E-state index contributed by atoms with van der Waals surface area (Å²) in [4.78, 5) is 5.56. The van der Waals surface area contributed by atoms with Crippen LogP contribution < -0.4 is 4.80 Å². The predicted octanol–water partition coefficient (Wildman–Crippen LogP) is 4.85. The molecule has 1 heterocycles. The SMILES string of the molecule is Cc1c(Cl)cccc1N=c1scc(-c2ccc(Cl)c(S(=O)(=O)N(C)C)c2)n1C. The van der Waals surface area contributed by atoms with Crippen molar-refractivity contribution in [2.24, 2.45) is 12.0 Å². The van der Waals surface area contributed by atoms with Gasteiger partial charge < -0.3 is 4.57 Å². The van der Waals surface area contributed by atoms with E-state index in [-0.39, 0.29) is 9.92 Å². The molecule has 3 aromatic rings. The fraction of sp³-hybridized carbons (Fsp3) is 0.211. The van der Waals surface area contributed by atoms with E-state index in [0.717, 1.165) is 31.6 Å². The molecule has 5 nitrogen and oxygen atoms in total. The van der Waals surface area contributed by atoms with E-state index in [1.54, 1.807) is 18.2 Å². The van der Waals surface area contributed by atoms with Crippen molar-refractivity contribution in [3.8, 4) is 11.3 Å². The van der Waals surface area contributed by atoms with Gasteiger partial charge in [-0.3, -0.25) is 0 Å². The highest BCUT2D eigenvalue weighted by molar-refractivity contribution is 7.89. The van der Waals surface area contributed by atoms with Gasteiger partial charge in [0.15, 0.2) is 4.80 Å². The number of halogens is 2. The highest BCUT2D eigenvalue weighted by atomic mass is 35.5. The second-order valence-corrected chi connectivity index (χ2v) is 10.2. The molecule has 0 N–H and O–H groups in total. The van der Waals surface area contributed by atoms with Crippen LogP contribution in [0.2, 0.25) is 10.0 Å². The molecule has 0 atom stereocenters. The molecule has 0 unspecified atom stereocenters. The third kappa shape index (κ3) is 3.90. The Balaban J connectivity index is 2.13. The molecule has 0 aliphatic heterocycles. The van der Waals surface area contributed by atoms with Crippen molar-refractivity contribution in [1.29, 1.82) is 0 Å². The van der Waals surface area contributed by atoms with Crippen molar-refractivity contribution in [2.45, 2.75) is 11.8 Å². The summed E-state index contributed by atoms with van der Waals surface area (Å²) in [5.41, 5.74) is 3.29. The Hall–Kier alpha value is -1.64. The Morgan fingerprint density at radius 1 is 1.11 bits per heavy atom. The molecule has 2 aromatic carbocycles. The summed E-state index contributed by atoms with van der Waals surface area (Å²) in [7, 11) is 1.20. The quantitative estimate of drug-likeness (QED) is 0.564. The molecular formula is C19H19Cl2N3O2S2. The lowest BCUT2D eigenvalue weighted by molar-refractivity contribution is 0.521. The van der Waals surface area contributed by atoms with Gasteiger partial charge in [0.2, 0.25) is 10.0 Å². The van der Waals surface area contributed by atoms with E-state index in [9.17, 15) is 8.42 Å². The second-order valence-electron chi connectivity index (χ2n) is 6.39. The summed E-state index contributed by atoms with van der Waals surface area (Å²) in [5, 5.41) is 2.79. The molecule has 148 valence electrons. The summed E-state index contributed by atoms with van der Waals surface area (Å²) < 4.78 is 28.2. The van der Waals surface area contributed by atoms with Crippen LogP contribution in [0.4, 0.5) is 5.69 Å². The van der Waals surface area contributed by atoms with E-state index in [1.165, 1.54) is 25.4 Å². The van der Waals surface area contributed by atoms with E-state index >= 15 is 0 Å². The van der Waals surface area contributed by atoms with Crippen molar-refractivity contribution < 1.29 is 8.42 Å². The number of benzene rings is 2. The highest BCUT2D eigenvalue weighted by Crippen LogP contribution is 2.30. The van der Waals surface area contributed by atoms with Crippen molar-refractivity contribution in [3.63, 3.8) is 0 Å². The first-order chi connectivity index (χ1) is 13.1. The Bertz CT molecular complexity index is 1210. The van der Waals surface area contributed by atoms with E-state index in [4.69, 9.17) is 28.2 Å². The molecular weight excluding hydrogens is 437 g/mol. The van der Waals surface area contributed by atoms with Gasteiger partial charge in [-0.1, -0.05) is 35.3 Å². The number of thiazole rings is 1. The van der Waals surface area contributed by atoms with E-state index < -0.39 is 10.0 Å². The van der Waals surface area contributed by atoms with Gasteiger partial charge in [0.25, 0.3) is 0 Å². The molecule has 0 saturated carbocycles. The third-order valence-corrected chi connectivity index (χ3v) is 7.99. The Morgan fingerprint density at radius 3 is 2.50 bits per heavy atom. The number of sulfonamides is 1. The molecule has 0 aliphatic rings. The molecule has 0 aliphatic carbocycles. The van der Waals surface area contributed by atoms with E-state index in [2.05, 4.69) is 0 Å². The number of rotatable bonds is 4. The average Bonchev–Trinajstić information content (AvgIpc) is 3.00. The van der Waals surface area contributed by atoms with Gasteiger partial charge in [-0.25, -0.2) is 17.7 Å². The summed E-state index contributed by atoms with van der Waals surface area (Å²) in [6.45, 7) is 1.92. The number of hydrogen-bond acceptors (Lipinski definition) is 4. The van der Waals surface area contributed by atoms with Gasteiger partial charge in [0, 0.05) is 37.1 Å². The van der Waals surface area contributed by atoms with Crippen molar-refractivity contribution in [1.82, 2.24) is 8.87 Å². The minimum Gasteiger partial charge on any atom is -0.320 e. The molecule has 9 heteroatoms. The van der Waals surface area contributed by atoms with Crippen molar-refractivity contribution in [2.75, 3.05) is 14.1 Å². The monoisotopic (exact) mass is 455 g/mol. The van der Waals surface area contributed by atoms with Gasteiger partial charge >= 0.3 is 0 Å². The lowest BCUT2D eigenvalue weighted by Crippen LogP contribution is -2.22.